The smallest absolute Gasteiger partial charge is 0.382 e. The molecule has 4 aromatic rings. The van der Waals surface area contributed by atoms with Crippen LogP contribution in [-0.2, 0) is 6.18 Å². The molecule has 0 radical (unpaired) electrons. The first kappa shape index (κ1) is 20.2. The van der Waals surface area contributed by atoms with Crippen LogP contribution in [0.1, 0.15) is 47.6 Å². The fourth-order valence-corrected chi connectivity index (χ4v) is 3.83. The van der Waals surface area contributed by atoms with Gasteiger partial charge in [0.1, 0.15) is 11.3 Å². The number of hydrogen-bond acceptors (Lipinski definition) is 6. The predicted octanol–water partition coefficient (Wildman–Crippen LogP) is 3.64. The van der Waals surface area contributed by atoms with E-state index in [9.17, 15) is 18.0 Å². The van der Waals surface area contributed by atoms with Crippen molar-refractivity contribution in [2.75, 3.05) is 5.73 Å². The molecule has 1 aliphatic carbocycles. The first-order valence-electron chi connectivity index (χ1n) is 9.99. The number of benzene rings is 1. The molecule has 11 heteroatoms. The molecule has 0 aliphatic heterocycles. The normalized spacial score (nSPS) is 15.2. The van der Waals surface area contributed by atoms with Gasteiger partial charge in [0.2, 0.25) is 0 Å². The Bertz CT molecular complexity index is 1330. The molecule has 32 heavy (non-hydrogen) atoms. The highest BCUT2D eigenvalue weighted by molar-refractivity contribution is 5.98. The molecule has 1 aromatic carbocycles. The second-order valence-corrected chi connectivity index (χ2v) is 7.81. The molecule has 2 N–H and O–H groups in total. The van der Waals surface area contributed by atoms with Gasteiger partial charge in [-0.25, -0.2) is 9.97 Å². The number of hydrogen-bond donors (Lipinski definition) is 1. The van der Waals surface area contributed by atoms with Crippen LogP contribution in [0.15, 0.2) is 42.9 Å². The first-order chi connectivity index (χ1) is 15.2. The van der Waals surface area contributed by atoms with E-state index in [4.69, 9.17) is 5.73 Å². The number of anilines is 1. The topological polar surface area (TPSA) is 102 Å². The molecule has 0 spiro atoms. The maximum Gasteiger partial charge on any atom is 0.435 e. The minimum Gasteiger partial charge on any atom is -0.382 e. The van der Waals surface area contributed by atoms with Gasteiger partial charge >= 0.3 is 6.18 Å². The van der Waals surface area contributed by atoms with Crippen molar-refractivity contribution >= 4 is 28.3 Å². The summed E-state index contributed by atoms with van der Waals surface area (Å²) in [5, 5.41) is 7.04. The largest absolute Gasteiger partial charge is 0.435 e. The summed E-state index contributed by atoms with van der Waals surface area (Å²) in [6.45, 7) is 1.74. The van der Waals surface area contributed by atoms with Crippen LogP contribution in [0.5, 0.6) is 0 Å². The van der Waals surface area contributed by atoms with Gasteiger partial charge in [0.15, 0.2) is 5.69 Å². The number of carbonyl (C=O) groups is 1. The highest BCUT2D eigenvalue weighted by Gasteiger charge is 2.38. The number of nitrogens with zero attached hydrogens (tertiary/aromatic N) is 6. The zero-order chi connectivity index (χ0) is 22.6. The number of nitrogens with two attached hydrogens (primary N) is 1. The van der Waals surface area contributed by atoms with Crippen LogP contribution in [0.3, 0.4) is 0 Å². The molecule has 164 valence electrons. The summed E-state index contributed by atoms with van der Waals surface area (Å²) in [7, 11) is 0. The summed E-state index contributed by atoms with van der Waals surface area (Å²) in [4.78, 5) is 23.6. The van der Waals surface area contributed by atoms with Crippen LogP contribution in [0.4, 0.5) is 19.0 Å². The monoisotopic (exact) mass is 441 g/mol. The molecule has 5 rings (SSSR count). The third kappa shape index (κ3) is 3.39. The van der Waals surface area contributed by atoms with Gasteiger partial charge in [-0.05, 0) is 50.1 Å². The Morgan fingerprint density at radius 2 is 1.97 bits per heavy atom. The second-order valence-electron chi connectivity index (χ2n) is 7.81. The summed E-state index contributed by atoms with van der Waals surface area (Å²) in [5.41, 5.74) is 7.56. The van der Waals surface area contributed by atoms with E-state index in [1.54, 1.807) is 46.9 Å². The Morgan fingerprint density at radius 3 is 2.62 bits per heavy atom. The number of amides is 1. The van der Waals surface area contributed by atoms with E-state index in [1.807, 2.05) is 0 Å². The van der Waals surface area contributed by atoms with E-state index in [1.165, 1.54) is 6.07 Å². The number of imidazole rings is 1. The highest BCUT2D eigenvalue weighted by atomic mass is 19.4. The number of fused-ring (bicyclic) bond motifs is 3. The van der Waals surface area contributed by atoms with E-state index >= 15 is 0 Å². The maximum absolute atomic E-state index is 13.5. The Morgan fingerprint density at radius 1 is 1.19 bits per heavy atom. The predicted molar refractivity (Wildman–Crippen MR) is 110 cm³/mol. The highest BCUT2D eigenvalue weighted by Crippen LogP contribution is 2.36. The van der Waals surface area contributed by atoms with Crippen molar-refractivity contribution in [3.63, 3.8) is 0 Å². The van der Waals surface area contributed by atoms with Crippen LogP contribution in [0.25, 0.3) is 16.6 Å². The molecule has 0 bridgehead atoms. The molecule has 3 aromatic heterocycles. The van der Waals surface area contributed by atoms with Gasteiger partial charge in [-0.3, -0.25) is 9.20 Å². The molecule has 1 saturated carbocycles. The average Bonchev–Trinajstić information content (AvgIpc) is 3.46. The van der Waals surface area contributed by atoms with Crippen LogP contribution in [-0.4, -0.2) is 41.4 Å². The molecule has 1 aliphatic rings. The van der Waals surface area contributed by atoms with Crippen molar-refractivity contribution in [3.05, 3.63) is 59.8 Å². The molecule has 1 fully saturated rings. The third-order valence-corrected chi connectivity index (χ3v) is 5.62. The number of rotatable bonds is 4. The minimum absolute atomic E-state index is 0.00454. The Hall–Kier alpha value is -3.76. The fourth-order valence-electron chi connectivity index (χ4n) is 3.83. The molecule has 1 unspecified atom stereocenters. The van der Waals surface area contributed by atoms with E-state index in [-0.39, 0.29) is 11.9 Å². The fraction of sp³-hybridized carbons (Fsp3) is 0.286. The van der Waals surface area contributed by atoms with Gasteiger partial charge in [0, 0.05) is 11.6 Å². The number of halogens is 3. The minimum atomic E-state index is -4.57. The summed E-state index contributed by atoms with van der Waals surface area (Å²) < 4.78 is 40.2. The number of nitrogen functional groups attached to an aromatic ring is 1. The van der Waals surface area contributed by atoms with Crippen molar-refractivity contribution in [3.8, 4) is 0 Å². The van der Waals surface area contributed by atoms with Crippen molar-refractivity contribution in [2.24, 2.45) is 0 Å². The maximum atomic E-state index is 13.5. The molecule has 1 amide bonds. The van der Waals surface area contributed by atoms with Crippen molar-refractivity contribution in [2.45, 2.75) is 38.0 Å². The molecular weight excluding hydrogens is 423 g/mol. The van der Waals surface area contributed by atoms with Gasteiger partial charge in [-0.2, -0.15) is 18.3 Å². The standard InChI is InChI=1S/C21H18F3N7O/c1-11(14-6-7-18(29-28-14)21(22,23)24)31(13-3-4-13)20(32)12-2-5-15-16(8-12)30-10-26-9-17(30)19(25)27-15/h2,5-11,13H,3-4H2,1H3,(H2,25,27). The molecular formula is C21H18F3N7O. The van der Waals surface area contributed by atoms with Gasteiger partial charge in [-0.1, -0.05) is 0 Å². The van der Waals surface area contributed by atoms with Gasteiger partial charge < -0.3 is 10.6 Å². The molecule has 0 saturated heterocycles. The Kier molecular flexibility index (Phi) is 4.50. The first-order valence-corrected chi connectivity index (χ1v) is 9.99. The lowest BCUT2D eigenvalue weighted by Crippen LogP contribution is -2.36. The summed E-state index contributed by atoms with van der Waals surface area (Å²) in [5.74, 6) is 0.0943. The van der Waals surface area contributed by atoms with Crippen molar-refractivity contribution < 1.29 is 18.0 Å². The second kappa shape index (κ2) is 7.14. The van der Waals surface area contributed by atoms with Gasteiger partial charge in [0.05, 0.1) is 35.3 Å². The quantitative estimate of drug-likeness (QED) is 0.519. The lowest BCUT2D eigenvalue weighted by atomic mass is 10.1. The SMILES string of the molecule is CC(c1ccc(C(F)(F)F)nn1)N(C(=O)c1ccc2nc(N)c3cncn3c2c1)C1CC1. The van der Waals surface area contributed by atoms with Crippen LogP contribution >= 0.6 is 0 Å². The lowest BCUT2D eigenvalue weighted by Gasteiger charge is -2.29. The third-order valence-electron chi connectivity index (χ3n) is 5.62. The summed E-state index contributed by atoms with van der Waals surface area (Å²) >= 11 is 0. The Labute approximate surface area is 179 Å². The van der Waals surface area contributed by atoms with Crippen molar-refractivity contribution in [1.82, 2.24) is 29.5 Å². The molecule has 3 heterocycles. The zero-order valence-electron chi connectivity index (χ0n) is 16.9. The number of aromatic nitrogens is 5. The van der Waals surface area contributed by atoms with E-state index in [2.05, 4.69) is 20.2 Å². The lowest BCUT2D eigenvalue weighted by molar-refractivity contribution is -0.141. The molecule has 8 nitrogen and oxygen atoms in total. The summed E-state index contributed by atoms with van der Waals surface area (Å²) in [6, 6.07) is 6.71. The van der Waals surface area contributed by atoms with Crippen molar-refractivity contribution in [1.29, 1.82) is 0 Å². The van der Waals surface area contributed by atoms with Gasteiger partial charge in [0.25, 0.3) is 5.91 Å². The van der Waals surface area contributed by atoms with E-state index in [0.29, 0.717) is 33.6 Å². The van der Waals surface area contributed by atoms with Crippen LogP contribution in [0, 0.1) is 0 Å². The number of alkyl halides is 3. The van der Waals surface area contributed by atoms with E-state index in [0.717, 1.165) is 18.9 Å². The summed E-state index contributed by atoms with van der Waals surface area (Å²) in [6.07, 6.45) is 0.270. The number of carbonyl (C=O) groups excluding carboxylic acids is 1. The zero-order valence-corrected chi connectivity index (χ0v) is 16.9. The van der Waals surface area contributed by atoms with Gasteiger partial charge in [-0.15, -0.1) is 5.10 Å². The molecule has 1 atom stereocenters. The van der Waals surface area contributed by atoms with Crippen LogP contribution < -0.4 is 5.73 Å². The van der Waals surface area contributed by atoms with Crippen LogP contribution in [0.2, 0.25) is 0 Å². The Balaban J connectivity index is 1.51. The average molecular weight is 441 g/mol. The van der Waals surface area contributed by atoms with E-state index < -0.39 is 17.9 Å².